The third-order valence-electron chi connectivity index (χ3n) is 8.04. The number of aliphatic imine (C=N–C) groups is 1. The quantitative estimate of drug-likeness (QED) is 0.178. The van der Waals surface area contributed by atoms with Gasteiger partial charge in [-0.25, -0.2) is 26.9 Å². The van der Waals surface area contributed by atoms with Crippen molar-refractivity contribution in [3.63, 3.8) is 0 Å². The molecule has 47 heavy (non-hydrogen) atoms. The number of nitrogens with zero attached hydrogens (tertiary/aromatic N) is 2. The van der Waals surface area contributed by atoms with Gasteiger partial charge in [0, 0.05) is 16.9 Å². The maximum absolute atomic E-state index is 12.7. The van der Waals surface area contributed by atoms with E-state index in [0.29, 0.717) is 20.4 Å². The number of benzene rings is 1. The van der Waals surface area contributed by atoms with E-state index in [1.165, 1.54) is 13.3 Å². The lowest BCUT2D eigenvalue weighted by Gasteiger charge is -2.22. The zero-order valence-corrected chi connectivity index (χ0v) is 27.7. The lowest BCUT2D eigenvalue weighted by atomic mass is 9.87. The van der Waals surface area contributed by atoms with Crippen LogP contribution < -0.4 is 24.2 Å². The number of rotatable bonds is 8. The number of ketones is 1. The number of pyridine rings is 1. The summed E-state index contributed by atoms with van der Waals surface area (Å²) in [6.45, 7) is 1.37. The predicted molar refractivity (Wildman–Crippen MR) is 164 cm³/mol. The standard InChI is InChI=1S/C21H17ClF5N4O3.C8H15F.CH2F2.Al/c1-11(21(25,26)27)19(33)28-8-13-4-3-5-15(18(13)22)29-10-30-17-7-6-14(12(2)32)20(31-17)34-9-16(23)24;1-2-7-3-5-8(9)6-4-7;2-1-3;/h3-4,6,11,16H,8-9H2,1-2H3,(H,28,33)(H,29,30,31);7-8H,2-6H2,1H3;1H2;. The van der Waals surface area contributed by atoms with Crippen LogP contribution in [0.15, 0.2) is 23.2 Å². The molecule has 1 amide bonds. The number of hydrogen-bond acceptors (Lipinski definition) is 6. The minimum atomic E-state index is -4.65. The average Bonchev–Trinajstić information content (AvgIpc) is 3.55. The van der Waals surface area contributed by atoms with Crippen LogP contribution in [0.1, 0.15) is 68.8 Å². The molecule has 0 bridgehead atoms. The van der Waals surface area contributed by atoms with E-state index in [4.69, 9.17) is 16.3 Å². The Morgan fingerprint density at radius 3 is 2.34 bits per heavy atom. The van der Waals surface area contributed by atoms with Gasteiger partial charge in [0.25, 0.3) is 6.43 Å². The highest BCUT2D eigenvalue weighted by atomic mass is 35.5. The lowest BCUT2D eigenvalue weighted by molar-refractivity contribution is -0.178. The van der Waals surface area contributed by atoms with E-state index in [2.05, 4.69) is 27.5 Å². The average molecular weight is 713 g/mol. The Kier molecular flexibility index (Phi) is 13.9. The van der Waals surface area contributed by atoms with Crippen molar-refractivity contribution in [2.75, 3.05) is 18.9 Å². The van der Waals surface area contributed by atoms with Crippen LogP contribution in [0.3, 0.4) is 0 Å². The number of Topliss-reactive ketones (excluding diaryl/α,β-unsaturated/α-hetero) is 1. The molecule has 1 unspecified atom stereocenters. The van der Waals surface area contributed by atoms with Gasteiger partial charge in [-0.15, -0.1) is 0 Å². The maximum Gasteiger partial charge on any atom is 0.446 e. The number of anilines is 1. The van der Waals surface area contributed by atoms with Crippen molar-refractivity contribution < 1.29 is 49.4 Å². The van der Waals surface area contributed by atoms with Gasteiger partial charge >= 0.3 is 20.3 Å². The van der Waals surface area contributed by atoms with E-state index in [1.54, 1.807) is 18.2 Å². The van der Waals surface area contributed by atoms with Crippen LogP contribution in [0.5, 0.6) is 5.88 Å². The molecule has 1 saturated carbocycles. The number of alkyl halides is 8. The number of carbonyl (C=O) groups excluding carboxylic acids is 2. The second kappa shape index (κ2) is 16.9. The molecule has 1 aromatic carbocycles. The Morgan fingerprint density at radius 2 is 1.79 bits per heavy atom. The normalized spacial score (nSPS) is 18.3. The first kappa shape index (κ1) is 38.5. The highest BCUT2D eigenvalue weighted by molar-refractivity contribution is 7.14. The molecule has 1 fully saturated rings. The summed E-state index contributed by atoms with van der Waals surface area (Å²) in [4.78, 5) is 32.5. The van der Waals surface area contributed by atoms with E-state index >= 15 is 0 Å². The van der Waals surface area contributed by atoms with Crippen LogP contribution in [-0.4, -0.2) is 67.8 Å². The first-order valence-electron chi connectivity index (χ1n) is 14.9. The molecule has 7 nitrogen and oxygen atoms in total. The number of amides is 1. The predicted octanol–water partition coefficient (Wildman–Crippen LogP) is 6.82. The van der Waals surface area contributed by atoms with E-state index in [0.717, 1.165) is 43.0 Å². The van der Waals surface area contributed by atoms with Gasteiger partial charge in [-0.2, -0.15) is 18.2 Å². The highest BCUT2D eigenvalue weighted by Gasteiger charge is 2.45. The molecular formula is C30H34AlClF8N4O3. The van der Waals surface area contributed by atoms with Crippen LogP contribution >= 0.6 is 11.6 Å². The fraction of sp³-hybridized carbons (Fsp3) is 0.533. The van der Waals surface area contributed by atoms with Gasteiger partial charge in [0.1, 0.15) is 17.9 Å². The molecule has 2 aromatic rings. The smallest absolute Gasteiger partial charge is 0.446 e. The van der Waals surface area contributed by atoms with Crippen LogP contribution in [0, 0.1) is 11.8 Å². The van der Waals surface area contributed by atoms with Crippen LogP contribution in [0.2, 0.25) is 5.02 Å². The third-order valence-corrected chi connectivity index (χ3v) is 11.4. The van der Waals surface area contributed by atoms with Crippen LogP contribution in [0.4, 0.5) is 46.6 Å². The van der Waals surface area contributed by atoms with Gasteiger partial charge in [-0.1, -0.05) is 52.0 Å². The van der Waals surface area contributed by atoms with Crippen molar-refractivity contribution in [1.82, 2.24) is 10.3 Å². The molecule has 5 rings (SSSR count). The number of carbonyl (C=O) groups is 2. The van der Waals surface area contributed by atoms with Crippen molar-refractivity contribution in [2.24, 2.45) is 16.8 Å². The SMILES string of the molecule is CC(=O)c1c[c]2c(nc1OCC(F)F)N=[C]1Nc3[c](ccc(CNC(=O)C(C)C(F)(F)F)c3Cl)[Al]12.CCC1CCC(F)CC1.FCF. The first-order valence-corrected chi connectivity index (χ1v) is 17.0. The second-order valence-electron chi connectivity index (χ2n) is 11.2. The van der Waals surface area contributed by atoms with E-state index in [1.807, 2.05) is 0 Å². The summed E-state index contributed by atoms with van der Waals surface area (Å²) in [7, 11) is 0. The van der Waals surface area contributed by atoms with Gasteiger partial charge in [0.2, 0.25) is 18.7 Å². The maximum atomic E-state index is 12.7. The minimum absolute atomic E-state index is 0.0611. The van der Waals surface area contributed by atoms with Gasteiger partial charge in [-0.05, 0) is 51.0 Å². The monoisotopic (exact) mass is 712 g/mol. The van der Waals surface area contributed by atoms with Crippen LogP contribution in [-0.2, 0) is 11.3 Å². The Morgan fingerprint density at radius 1 is 1.15 bits per heavy atom. The number of nitrogens with one attached hydrogen (secondary N) is 2. The number of amidine groups is 1. The van der Waals surface area contributed by atoms with E-state index in [-0.39, 0.29) is 28.8 Å². The molecule has 258 valence electrons. The number of halogens is 9. The van der Waals surface area contributed by atoms with E-state index in [9.17, 15) is 44.7 Å². The van der Waals surface area contributed by atoms with Gasteiger partial charge in [-0.3, -0.25) is 9.59 Å². The van der Waals surface area contributed by atoms with Gasteiger partial charge in [0.05, 0.1) is 10.6 Å². The van der Waals surface area contributed by atoms with Crippen molar-refractivity contribution in [3.05, 3.63) is 34.3 Å². The zero-order valence-electron chi connectivity index (χ0n) is 25.8. The largest absolute Gasteiger partial charge is 0.471 e. The lowest BCUT2D eigenvalue weighted by Crippen LogP contribution is -2.43. The summed E-state index contributed by atoms with van der Waals surface area (Å²) >= 11 is 4.30. The first-order chi connectivity index (χ1) is 22.1. The number of aromatic nitrogens is 1. The third kappa shape index (κ3) is 9.79. The van der Waals surface area contributed by atoms with Gasteiger partial charge < -0.3 is 15.4 Å². The molecule has 17 heteroatoms. The molecule has 3 aliphatic rings. The van der Waals surface area contributed by atoms with Crippen molar-refractivity contribution in [3.8, 4) is 5.88 Å². The highest BCUT2D eigenvalue weighted by Crippen LogP contribution is 2.33. The Labute approximate surface area is 275 Å². The molecule has 0 saturated heterocycles. The molecule has 0 radical (unpaired) electrons. The Balaban J connectivity index is 0.000000422. The van der Waals surface area contributed by atoms with E-state index < -0.39 is 64.1 Å². The van der Waals surface area contributed by atoms with Crippen molar-refractivity contribution in [1.29, 1.82) is 0 Å². The fourth-order valence-corrected chi connectivity index (χ4v) is 8.69. The summed E-state index contributed by atoms with van der Waals surface area (Å²) in [6.07, 6.45) is -2.75. The topological polar surface area (TPSA) is 92.7 Å². The second-order valence-corrected chi connectivity index (χ2v) is 14.2. The van der Waals surface area contributed by atoms with Crippen molar-refractivity contribution >= 4 is 62.5 Å². The summed E-state index contributed by atoms with van der Waals surface area (Å²) < 4.78 is 102. The number of hydrogen-bond donors (Lipinski definition) is 2. The molecular weight excluding hydrogens is 679 g/mol. The molecule has 1 aliphatic carbocycles. The summed E-state index contributed by atoms with van der Waals surface area (Å²) in [5.41, 5.74) is 0.991. The molecule has 2 aliphatic heterocycles. The van der Waals surface area contributed by atoms with Crippen molar-refractivity contribution in [2.45, 2.75) is 78.2 Å². The fourth-order valence-electron chi connectivity index (χ4n) is 5.33. The molecule has 3 heterocycles. The molecule has 2 N–H and O–H groups in total. The number of ether oxygens (including phenoxy) is 1. The molecule has 1 aromatic heterocycles. The zero-order chi connectivity index (χ0) is 35.1. The Bertz CT molecular complexity index is 1460. The number of fused-ring (bicyclic) bond motifs is 5. The molecule has 1 atom stereocenters. The summed E-state index contributed by atoms with van der Waals surface area (Å²) in [5, 5.41) is 5.58. The van der Waals surface area contributed by atoms with Crippen LogP contribution in [0.25, 0.3) is 0 Å². The minimum Gasteiger partial charge on any atom is -0.471 e. The summed E-state index contributed by atoms with van der Waals surface area (Å²) in [6, 6.07) is 4.90. The summed E-state index contributed by atoms with van der Waals surface area (Å²) in [5.74, 6) is -2.86. The Hall–Kier alpha value is -2.96. The molecule has 0 spiro atoms. The van der Waals surface area contributed by atoms with Gasteiger partial charge in [0.15, 0.2) is 12.4 Å².